The average molecular weight is 217 g/mol. The van der Waals surface area contributed by atoms with Crippen molar-refractivity contribution < 1.29 is 13.2 Å². The lowest BCUT2D eigenvalue weighted by Gasteiger charge is -2.27. The molecule has 0 bridgehead atoms. The molecule has 1 rings (SSSR count). The predicted molar refractivity (Wildman–Crippen MR) is 55.1 cm³/mol. The fourth-order valence-electron chi connectivity index (χ4n) is 1.37. The van der Waals surface area contributed by atoms with Crippen LogP contribution in [0.2, 0.25) is 0 Å². The number of rotatable bonds is 5. The number of alkyl halides is 2. The maximum Gasteiger partial charge on any atom is 0.263 e. The largest absolute Gasteiger partial charge is 0.464 e. The van der Waals surface area contributed by atoms with Gasteiger partial charge in [-0.05, 0) is 38.9 Å². The molecule has 1 N–H and O–H groups in total. The van der Waals surface area contributed by atoms with Crippen molar-refractivity contribution in [2.24, 2.45) is 0 Å². The molecule has 86 valence electrons. The highest BCUT2D eigenvalue weighted by Gasteiger charge is 2.39. The summed E-state index contributed by atoms with van der Waals surface area (Å²) >= 11 is 0. The molecule has 1 aromatic heterocycles. The molecule has 0 aliphatic heterocycles. The highest BCUT2D eigenvalue weighted by atomic mass is 19.3. The van der Waals surface area contributed by atoms with E-state index < -0.39 is 12.0 Å². The molecule has 0 aromatic carbocycles. The second-order valence-electron chi connectivity index (χ2n) is 3.84. The summed E-state index contributed by atoms with van der Waals surface area (Å²) < 4.78 is 31.2. The Hall–Kier alpha value is -0.900. The lowest BCUT2D eigenvalue weighted by atomic mass is 9.99. The summed E-state index contributed by atoms with van der Waals surface area (Å²) in [5, 5.41) is 2.83. The van der Waals surface area contributed by atoms with Gasteiger partial charge in [0.05, 0.1) is 0 Å². The molecule has 0 saturated carbocycles. The highest BCUT2D eigenvalue weighted by molar-refractivity contribution is 5.16. The molecular weight excluding hydrogens is 200 g/mol. The number of halogens is 2. The van der Waals surface area contributed by atoms with Gasteiger partial charge in [0.15, 0.2) is 0 Å². The Morgan fingerprint density at radius 2 is 2.13 bits per heavy atom. The van der Waals surface area contributed by atoms with Crippen LogP contribution >= 0.6 is 0 Å². The van der Waals surface area contributed by atoms with Crippen LogP contribution in [0.4, 0.5) is 8.78 Å². The minimum Gasteiger partial charge on any atom is -0.464 e. The van der Waals surface area contributed by atoms with E-state index in [9.17, 15) is 8.78 Å². The third-order valence-corrected chi connectivity index (χ3v) is 2.43. The lowest BCUT2D eigenvalue weighted by molar-refractivity contribution is 0.0252. The van der Waals surface area contributed by atoms with Crippen LogP contribution in [0.1, 0.15) is 31.8 Å². The van der Waals surface area contributed by atoms with E-state index in [2.05, 4.69) is 5.32 Å². The third kappa shape index (κ3) is 2.56. The highest BCUT2D eigenvalue weighted by Crippen LogP contribution is 2.29. The number of furan rings is 1. The molecule has 1 atom stereocenters. The molecule has 4 heteroatoms. The van der Waals surface area contributed by atoms with E-state index in [1.807, 2.05) is 6.92 Å². The SMILES string of the molecule is CCCNC(C)(c1ccc(C)o1)C(F)F. The normalized spacial score (nSPS) is 15.6. The molecule has 0 radical (unpaired) electrons. The number of hydrogen-bond acceptors (Lipinski definition) is 2. The van der Waals surface area contributed by atoms with Gasteiger partial charge in [-0.25, -0.2) is 8.78 Å². The fourth-order valence-corrected chi connectivity index (χ4v) is 1.37. The van der Waals surface area contributed by atoms with Gasteiger partial charge in [-0.2, -0.15) is 0 Å². The summed E-state index contributed by atoms with van der Waals surface area (Å²) in [6.45, 7) is 5.69. The molecule has 0 spiro atoms. The molecule has 0 aliphatic rings. The van der Waals surface area contributed by atoms with Crippen molar-refractivity contribution in [1.82, 2.24) is 5.32 Å². The van der Waals surface area contributed by atoms with Gasteiger partial charge in [0.1, 0.15) is 17.1 Å². The van der Waals surface area contributed by atoms with Crippen LogP contribution in [0.3, 0.4) is 0 Å². The molecule has 0 saturated heterocycles. The van der Waals surface area contributed by atoms with Crippen LogP contribution in [-0.4, -0.2) is 13.0 Å². The zero-order valence-corrected chi connectivity index (χ0v) is 9.31. The Labute approximate surface area is 88.7 Å². The van der Waals surface area contributed by atoms with Crippen LogP contribution in [0.25, 0.3) is 0 Å². The van der Waals surface area contributed by atoms with Gasteiger partial charge >= 0.3 is 0 Å². The van der Waals surface area contributed by atoms with Crippen LogP contribution in [-0.2, 0) is 5.54 Å². The van der Waals surface area contributed by atoms with Gasteiger partial charge in [-0.1, -0.05) is 6.92 Å². The fraction of sp³-hybridized carbons (Fsp3) is 0.636. The maximum atomic E-state index is 13.0. The summed E-state index contributed by atoms with van der Waals surface area (Å²) in [7, 11) is 0. The van der Waals surface area contributed by atoms with Crippen LogP contribution in [0.5, 0.6) is 0 Å². The van der Waals surface area contributed by atoms with Gasteiger partial charge < -0.3 is 9.73 Å². The van der Waals surface area contributed by atoms with Crippen LogP contribution in [0.15, 0.2) is 16.5 Å². The second kappa shape index (κ2) is 4.75. The van der Waals surface area contributed by atoms with Crippen LogP contribution < -0.4 is 5.32 Å². The standard InChI is InChI=1S/C11H17F2NO/c1-4-7-14-11(3,10(12)13)9-6-5-8(2)15-9/h5-6,10,14H,4,7H2,1-3H3. The van der Waals surface area contributed by atoms with Crippen molar-refractivity contribution in [3.8, 4) is 0 Å². The minimum atomic E-state index is -2.49. The van der Waals surface area contributed by atoms with E-state index in [0.717, 1.165) is 6.42 Å². The zero-order chi connectivity index (χ0) is 11.5. The van der Waals surface area contributed by atoms with Gasteiger partial charge in [0, 0.05) is 0 Å². The summed E-state index contributed by atoms with van der Waals surface area (Å²) in [4.78, 5) is 0. The number of aryl methyl sites for hydroxylation is 1. The summed E-state index contributed by atoms with van der Waals surface area (Å²) in [5.41, 5.74) is -1.38. The van der Waals surface area contributed by atoms with E-state index in [-0.39, 0.29) is 0 Å². The first-order valence-corrected chi connectivity index (χ1v) is 5.10. The van der Waals surface area contributed by atoms with Crippen LogP contribution in [0, 0.1) is 6.92 Å². The second-order valence-corrected chi connectivity index (χ2v) is 3.84. The molecule has 15 heavy (non-hydrogen) atoms. The van der Waals surface area contributed by atoms with Crippen molar-refractivity contribution in [3.05, 3.63) is 23.7 Å². The Morgan fingerprint density at radius 3 is 2.53 bits per heavy atom. The minimum absolute atomic E-state index is 0.295. The van der Waals surface area contributed by atoms with Gasteiger partial charge in [-0.15, -0.1) is 0 Å². The van der Waals surface area contributed by atoms with Gasteiger partial charge in [-0.3, -0.25) is 0 Å². The Bertz CT molecular complexity index is 311. The van der Waals surface area contributed by atoms with Crippen molar-refractivity contribution >= 4 is 0 Å². The molecule has 0 fully saturated rings. The molecule has 1 aromatic rings. The van der Waals surface area contributed by atoms with E-state index in [1.54, 1.807) is 19.1 Å². The molecule has 0 aliphatic carbocycles. The Kier molecular flexibility index (Phi) is 3.85. The lowest BCUT2D eigenvalue weighted by Crippen LogP contribution is -2.45. The van der Waals surface area contributed by atoms with E-state index >= 15 is 0 Å². The Morgan fingerprint density at radius 1 is 1.47 bits per heavy atom. The topological polar surface area (TPSA) is 25.2 Å². The van der Waals surface area contributed by atoms with Gasteiger partial charge in [0.25, 0.3) is 6.43 Å². The van der Waals surface area contributed by atoms with Crippen molar-refractivity contribution in [3.63, 3.8) is 0 Å². The van der Waals surface area contributed by atoms with E-state index in [4.69, 9.17) is 4.42 Å². The predicted octanol–water partition coefficient (Wildman–Crippen LogP) is 3.07. The van der Waals surface area contributed by atoms with E-state index in [0.29, 0.717) is 18.1 Å². The number of nitrogens with one attached hydrogen (secondary N) is 1. The quantitative estimate of drug-likeness (QED) is 0.820. The number of hydrogen-bond donors (Lipinski definition) is 1. The molecular formula is C11H17F2NO. The van der Waals surface area contributed by atoms with Gasteiger partial charge in [0.2, 0.25) is 0 Å². The Balaban J connectivity index is 2.90. The first-order chi connectivity index (χ1) is 7.00. The summed E-state index contributed by atoms with van der Waals surface area (Å²) in [5.74, 6) is 0.943. The van der Waals surface area contributed by atoms with Crippen molar-refractivity contribution in [2.45, 2.75) is 39.2 Å². The average Bonchev–Trinajstić information content (AvgIpc) is 2.61. The smallest absolute Gasteiger partial charge is 0.263 e. The summed E-state index contributed by atoms with van der Waals surface area (Å²) in [6, 6.07) is 3.30. The van der Waals surface area contributed by atoms with Crippen molar-refractivity contribution in [1.29, 1.82) is 0 Å². The first-order valence-electron chi connectivity index (χ1n) is 5.10. The monoisotopic (exact) mass is 217 g/mol. The molecule has 2 nitrogen and oxygen atoms in total. The molecule has 1 heterocycles. The maximum absolute atomic E-state index is 13.0. The zero-order valence-electron chi connectivity index (χ0n) is 9.31. The molecule has 1 unspecified atom stereocenters. The van der Waals surface area contributed by atoms with Crippen molar-refractivity contribution in [2.75, 3.05) is 6.54 Å². The summed E-state index contributed by atoms with van der Waals surface area (Å²) in [6.07, 6.45) is -1.68. The first kappa shape index (κ1) is 12.2. The molecule has 0 amide bonds. The third-order valence-electron chi connectivity index (χ3n) is 2.43. The van der Waals surface area contributed by atoms with E-state index in [1.165, 1.54) is 6.92 Å².